The van der Waals surface area contributed by atoms with E-state index in [4.69, 9.17) is 4.74 Å². The van der Waals surface area contributed by atoms with Crippen molar-refractivity contribution in [3.8, 4) is 0 Å². The maximum atomic E-state index is 12.3. The largest absolute Gasteiger partial charge is 0.381 e. The van der Waals surface area contributed by atoms with Gasteiger partial charge in [-0.05, 0) is 25.7 Å². The molecule has 0 N–H and O–H groups in total. The van der Waals surface area contributed by atoms with Crippen LogP contribution in [0.3, 0.4) is 0 Å². The molecule has 88 valence electrons. The summed E-state index contributed by atoms with van der Waals surface area (Å²) in [4.78, 5) is 0. The first-order valence-corrected chi connectivity index (χ1v) is 7.62. The van der Waals surface area contributed by atoms with E-state index in [2.05, 4.69) is 0 Å². The molecule has 2 aliphatic rings. The van der Waals surface area contributed by atoms with Gasteiger partial charge in [0.2, 0.25) is 0 Å². The highest BCUT2D eigenvalue weighted by Gasteiger charge is 2.35. The number of hydrogen-bond acceptors (Lipinski definition) is 3. The van der Waals surface area contributed by atoms with Crippen molar-refractivity contribution in [3.05, 3.63) is 0 Å². The molecule has 0 aromatic rings. The monoisotopic (exact) mass is 232 g/mol. The maximum absolute atomic E-state index is 12.3. The van der Waals surface area contributed by atoms with E-state index in [1.807, 2.05) is 0 Å². The van der Waals surface area contributed by atoms with Crippen LogP contribution in [0, 0.1) is 0 Å². The molecule has 0 spiro atoms. The molecule has 0 amide bonds. The molecule has 1 aliphatic carbocycles. The normalized spacial score (nSPS) is 26.7. The van der Waals surface area contributed by atoms with Gasteiger partial charge < -0.3 is 4.74 Å². The van der Waals surface area contributed by atoms with Crippen LogP contribution in [0.15, 0.2) is 0 Å². The molecule has 2 fully saturated rings. The molecular formula is C11H20O3S. The lowest BCUT2D eigenvalue weighted by molar-refractivity contribution is 0.0981. The van der Waals surface area contributed by atoms with Crippen molar-refractivity contribution in [2.75, 3.05) is 13.2 Å². The minimum absolute atomic E-state index is 0.0469. The fourth-order valence-electron chi connectivity index (χ4n) is 2.67. The maximum Gasteiger partial charge on any atom is 0.156 e. The summed E-state index contributed by atoms with van der Waals surface area (Å²) in [6.45, 7) is 1.24. The van der Waals surface area contributed by atoms with Crippen molar-refractivity contribution in [3.63, 3.8) is 0 Å². The Kier molecular flexibility index (Phi) is 3.67. The highest BCUT2D eigenvalue weighted by atomic mass is 32.2. The van der Waals surface area contributed by atoms with Gasteiger partial charge in [0.15, 0.2) is 9.84 Å². The molecule has 1 saturated heterocycles. The summed E-state index contributed by atoms with van der Waals surface area (Å²) in [7, 11) is -2.87. The van der Waals surface area contributed by atoms with Crippen LogP contribution < -0.4 is 0 Å². The number of ether oxygens (including phenoxy) is 1. The van der Waals surface area contributed by atoms with Gasteiger partial charge in [-0.25, -0.2) is 8.42 Å². The Bertz CT molecular complexity index is 261. The summed E-state index contributed by atoms with van der Waals surface area (Å²) in [5, 5.41) is -0.163. The van der Waals surface area contributed by atoms with Gasteiger partial charge in [0.05, 0.1) is 10.5 Å². The molecule has 0 radical (unpaired) electrons. The average Bonchev–Trinajstić information content (AvgIpc) is 2.31. The van der Waals surface area contributed by atoms with E-state index in [0.717, 1.165) is 25.7 Å². The van der Waals surface area contributed by atoms with Crippen molar-refractivity contribution >= 4 is 9.84 Å². The highest BCUT2D eigenvalue weighted by molar-refractivity contribution is 7.92. The number of rotatable bonds is 2. The summed E-state index contributed by atoms with van der Waals surface area (Å²) < 4.78 is 29.8. The van der Waals surface area contributed by atoms with E-state index in [0.29, 0.717) is 26.1 Å². The van der Waals surface area contributed by atoms with Crippen molar-refractivity contribution in [1.82, 2.24) is 0 Å². The quantitative estimate of drug-likeness (QED) is 0.730. The SMILES string of the molecule is O=S(=O)(C1CCCCC1)C1CCOCC1. The predicted molar refractivity (Wildman–Crippen MR) is 59.6 cm³/mol. The Labute approximate surface area is 92.1 Å². The van der Waals surface area contributed by atoms with Gasteiger partial charge in [0.25, 0.3) is 0 Å². The van der Waals surface area contributed by atoms with Gasteiger partial charge in [-0.1, -0.05) is 19.3 Å². The van der Waals surface area contributed by atoms with E-state index >= 15 is 0 Å². The van der Waals surface area contributed by atoms with E-state index in [1.165, 1.54) is 6.42 Å². The van der Waals surface area contributed by atoms with Crippen LogP contribution in [0.25, 0.3) is 0 Å². The summed E-state index contributed by atoms with van der Waals surface area (Å²) in [5.74, 6) is 0. The van der Waals surface area contributed by atoms with Crippen molar-refractivity contribution < 1.29 is 13.2 Å². The standard InChI is InChI=1S/C11H20O3S/c12-15(13,10-4-2-1-3-5-10)11-6-8-14-9-7-11/h10-11H,1-9H2. The predicted octanol–water partition coefficient (Wildman–Crippen LogP) is 1.91. The van der Waals surface area contributed by atoms with Gasteiger partial charge >= 0.3 is 0 Å². The second-order valence-electron chi connectivity index (χ2n) is 4.66. The summed E-state index contributed by atoms with van der Waals surface area (Å²) >= 11 is 0. The average molecular weight is 232 g/mol. The third-order valence-corrected chi connectivity index (χ3v) is 6.45. The molecule has 0 aromatic carbocycles. The minimum Gasteiger partial charge on any atom is -0.381 e. The molecule has 1 heterocycles. The first-order chi connectivity index (χ1) is 7.21. The molecule has 15 heavy (non-hydrogen) atoms. The van der Waals surface area contributed by atoms with Crippen molar-refractivity contribution in [1.29, 1.82) is 0 Å². The molecular weight excluding hydrogens is 212 g/mol. The first kappa shape index (κ1) is 11.4. The Hall–Kier alpha value is -0.0900. The third kappa shape index (κ3) is 2.53. The Morgan fingerprint density at radius 2 is 1.33 bits per heavy atom. The smallest absolute Gasteiger partial charge is 0.156 e. The summed E-state index contributed by atoms with van der Waals surface area (Å²) in [6, 6.07) is 0. The van der Waals surface area contributed by atoms with Crippen molar-refractivity contribution in [2.24, 2.45) is 0 Å². The lowest BCUT2D eigenvalue weighted by Crippen LogP contribution is -2.37. The van der Waals surface area contributed by atoms with E-state index in [-0.39, 0.29) is 10.5 Å². The van der Waals surface area contributed by atoms with Crippen LogP contribution in [0.2, 0.25) is 0 Å². The van der Waals surface area contributed by atoms with E-state index < -0.39 is 9.84 Å². The van der Waals surface area contributed by atoms with Crippen molar-refractivity contribution in [2.45, 2.75) is 55.4 Å². The van der Waals surface area contributed by atoms with Crippen LogP contribution in [-0.4, -0.2) is 32.1 Å². The van der Waals surface area contributed by atoms with Gasteiger partial charge in [0, 0.05) is 13.2 Å². The van der Waals surface area contributed by atoms with Gasteiger partial charge in [-0.2, -0.15) is 0 Å². The second kappa shape index (κ2) is 4.83. The minimum atomic E-state index is -2.87. The summed E-state index contributed by atoms with van der Waals surface area (Å²) in [5.41, 5.74) is 0. The lowest BCUT2D eigenvalue weighted by Gasteiger charge is -2.29. The Morgan fingerprint density at radius 3 is 1.93 bits per heavy atom. The van der Waals surface area contributed by atoms with Crippen LogP contribution >= 0.6 is 0 Å². The number of hydrogen-bond donors (Lipinski definition) is 0. The third-order valence-electron chi connectivity index (χ3n) is 3.65. The molecule has 1 saturated carbocycles. The fourth-order valence-corrected chi connectivity index (χ4v) is 5.05. The lowest BCUT2D eigenvalue weighted by atomic mass is 10.0. The highest BCUT2D eigenvalue weighted by Crippen LogP contribution is 2.29. The summed E-state index contributed by atoms with van der Waals surface area (Å²) in [6.07, 6.45) is 6.58. The zero-order valence-electron chi connectivity index (χ0n) is 9.15. The van der Waals surface area contributed by atoms with Gasteiger partial charge in [-0.15, -0.1) is 0 Å². The van der Waals surface area contributed by atoms with Crippen LogP contribution in [-0.2, 0) is 14.6 Å². The molecule has 1 aliphatic heterocycles. The zero-order chi connectivity index (χ0) is 10.7. The van der Waals surface area contributed by atoms with E-state index in [9.17, 15) is 8.42 Å². The molecule has 2 rings (SSSR count). The van der Waals surface area contributed by atoms with Crippen LogP contribution in [0.4, 0.5) is 0 Å². The van der Waals surface area contributed by atoms with Gasteiger partial charge in [0.1, 0.15) is 0 Å². The molecule has 3 nitrogen and oxygen atoms in total. The zero-order valence-corrected chi connectivity index (χ0v) is 9.97. The molecule has 0 aromatic heterocycles. The number of sulfone groups is 1. The molecule has 0 bridgehead atoms. The van der Waals surface area contributed by atoms with Crippen LogP contribution in [0.1, 0.15) is 44.9 Å². The first-order valence-electron chi connectivity index (χ1n) is 6.02. The Morgan fingerprint density at radius 1 is 0.800 bits per heavy atom. The fraction of sp³-hybridized carbons (Fsp3) is 1.00. The topological polar surface area (TPSA) is 43.4 Å². The Balaban J connectivity index is 2.03. The van der Waals surface area contributed by atoms with Crippen LogP contribution in [0.5, 0.6) is 0 Å². The van der Waals surface area contributed by atoms with Gasteiger partial charge in [-0.3, -0.25) is 0 Å². The molecule has 0 atom stereocenters. The molecule has 4 heteroatoms. The molecule has 0 unspecified atom stereocenters. The van der Waals surface area contributed by atoms with E-state index in [1.54, 1.807) is 0 Å². The second-order valence-corrected chi connectivity index (χ2v) is 7.17.